The number of piperidine rings is 1. The predicted molar refractivity (Wildman–Crippen MR) is 66.8 cm³/mol. The lowest BCUT2D eigenvalue weighted by Gasteiger charge is -2.33. The summed E-state index contributed by atoms with van der Waals surface area (Å²) in [6.45, 7) is 5.99. The summed E-state index contributed by atoms with van der Waals surface area (Å²) in [5, 5.41) is 6.56. The third-order valence-corrected chi connectivity index (χ3v) is 3.93. The van der Waals surface area contributed by atoms with E-state index in [0.29, 0.717) is 12.1 Å². The van der Waals surface area contributed by atoms with Crippen LogP contribution in [0.5, 0.6) is 0 Å². The largest absolute Gasteiger partial charge is 0.378 e. The molecule has 2 rings (SSSR count). The molecule has 2 aliphatic rings. The van der Waals surface area contributed by atoms with E-state index >= 15 is 0 Å². The third kappa shape index (κ3) is 3.42. The number of carbonyl (C=O) groups excluding carboxylic acids is 1. The van der Waals surface area contributed by atoms with E-state index in [1.54, 1.807) is 0 Å². The number of amides is 1. The summed E-state index contributed by atoms with van der Waals surface area (Å²) in [6, 6.07) is 0.612. The lowest BCUT2D eigenvalue weighted by atomic mass is 9.90. The smallest absolute Gasteiger partial charge is 0.224 e. The molecule has 2 N–H and O–H groups in total. The van der Waals surface area contributed by atoms with Gasteiger partial charge in [-0.25, -0.2) is 0 Å². The maximum atomic E-state index is 12.2. The van der Waals surface area contributed by atoms with Crippen molar-refractivity contribution in [2.75, 3.05) is 13.2 Å². The predicted octanol–water partition coefficient (Wildman–Crippen LogP) is 1.06. The zero-order chi connectivity index (χ0) is 12.3. The second-order valence-electron chi connectivity index (χ2n) is 5.40. The van der Waals surface area contributed by atoms with E-state index in [4.69, 9.17) is 4.74 Å². The molecule has 0 radical (unpaired) electrons. The lowest BCUT2D eigenvalue weighted by Crippen LogP contribution is -2.50. The average molecular weight is 240 g/mol. The molecule has 2 heterocycles. The first-order chi connectivity index (χ1) is 8.16. The highest BCUT2D eigenvalue weighted by Gasteiger charge is 2.30. The number of hydrogen-bond acceptors (Lipinski definition) is 3. The minimum atomic E-state index is 0.141. The van der Waals surface area contributed by atoms with Gasteiger partial charge in [-0.1, -0.05) is 0 Å². The second kappa shape index (κ2) is 5.83. The van der Waals surface area contributed by atoms with Crippen molar-refractivity contribution in [2.24, 2.45) is 5.92 Å². The van der Waals surface area contributed by atoms with Gasteiger partial charge in [0.05, 0.1) is 12.0 Å². The molecule has 4 nitrogen and oxygen atoms in total. The molecule has 0 aliphatic carbocycles. The van der Waals surface area contributed by atoms with Crippen molar-refractivity contribution >= 4 is 5.91 Å². The minimum absolute atomic E-state index is 0.141. The molecule has 2 saturated heterocycles. The van der Waals surface area contributed by atoms with Crippen molar-refractivity contribution in [1.29, 1.82) is 0 Å². The highest BCUT2D eigenvalue weighted by molar-refractivity contribution is 5.79. The molecule has 2 aliphatic heterocycles. The fourth-order valence-electron chi connectivity index (χ4n) is 2.84. The number of ether oxygens (including phenoxy) is 1. The van der Waals surface area contributed by atoms with E-state index in [1.165, 1.54) is 0 Å². The molecule has 2 fully saturated rings. The molecule has 1 amide bonds. The van der Waals surface area contributed by atoms with Gasteiger partial charge in [0.1, 0.15) is 0 Å². The van der Waals surface area contributed by atoms with Crippen molar-refractivity contribution in [3.8, 4) is 0 Å². The monoisotopic (exact) mass is 240 g/mol. The maximum absolute atomic E-state index is 12.2. The molecule has 0 bridgehead atoms. The first-order valence-corrected chi connectivity index (χ1v) is 6.82. The Kier molecular flexibility index (Phi) is 4.40. The highest BCUT2D eigenvalue weighted by Crippen LogP contribution is 2.18. The van der Waals surface area contributed by atoms with E-state index in [-0.39, 0.29) is 17.9 Å². The highest BCUT2D eigenvalue weighted by atomic mass is 16.5. The first-order valence-electron chi connectivity index (χ1n) is 6.82. The van der Waals surface area contributed by atoms with Crippen LogP contribution in [0.1, 0.15) is 39.5 Å². The van der Waals surface area contributed by atoms with Crippen LogP contribution in [0.3, 0.4) is 0 Å². The second-order valence-corrected chi connectivity index (χ2v) is 5.40. The fourth-order valence-corrected chi connectivity index (χ4v) is 2.84. The van der Waals surface area contributed by atoms with E-state index < -0.39 is 0 Å². The van der Waals surface area contributed by atoms with E-state index in [1.807, 2.05) is 0 Å². The van der Waals surface area contributed by atoms with Crippen LogP contribution in [0, 0.1) is 5.92 Å². The molecule has 0 aromatic rings. The normalized spacial score (nSPS) is 38.7. The average Bonchev–Trinajstić information content (AvgIpc) is 2.29. The van der Waals surface area contributed by atoms with Crippen LogP contribution in [0.2, 0.25) is 0 Å². The summed E-state index contributed by atoms with van der Waals surface area (Å²) >= 11 is 0. The number of nitrogens with one attached hydrogen (secondary N) is 2. The van der Waals surface area contributed by atoms with Crippen LogP contribution in [-0.2, 0) is 9.53 Å². The number of carbonyl (C=O) groups is 1. The molecule has 17 heavy (non-hydrogen) atoms. The van der Waals surface area contributed by atoms with Gasteiger partial charge < -0.3 is 15.4 Å². The molecule has 0 aromatic heterocycles. The SMILES string of the molecule is CC1CC(NC(=O)C2CCCNC2C)CCO1. The van der Waals surface area contributed by atoms with Crippen molar-refractivity contribution in [1.82, 2.24) is 10.6 Å². The summed E-state index contributed by atoms with van der Waals surface area (Å²) in [5.41, 5.74) is 0. The van der Waals surface area contributed by atoms with Crippen LogP contribution in [0.4, 0.5) is 0 Å². The molecule has 4 unspecified atom stereocenters. The summed E-state index contributed by atoms with van der Waals surface area (Å²) in [4.78, 5) is 12.2. The molecule has 0 saturated carbocycles. The van der Waals surface area contributed by atoms with E-state index in [2.05, 4.69) is 24.5 Å². The maximum Gasteiger partial charge on any atom is 0.224 e. The zero-order valence-electron chi connectivity index (χ0n) is 10.9. The molecular weight excluding hydrogens is 216 g/mol. The summed E-state index contributed by atoms with van der Waals surface area (Å²) < 4.78 is 5.49. The Labute approximate surface area is 103 Å². The van der Waals surface area contributed by atoms with Crippen LogP contribution in [0.15, 0.2) is 0 Å². The Bertz CT molecular complexity index is 270. The standard InChI is InChI=1S/C13H24N2O2/c1-9-8-11(5-7-17-9)15-13(16)12-4-3-6-14-10(12)2/h9-12,14H,3-8H2,1-2H3,(H,15,16). The van der Waals surface area contributed by atoms with Gasteiger partial charge in [0.25, 0.3) is 0 Å². The van der Waals surface area contributed by atoms with Crippen molar-refractivity contribution in [2.45, 2.75) is 57.7 Å². The van der Waals surface area contributed by atoms with Crippen LogP contribution in [-0.4, -0.2) is 37.2 Å². The van der Waals surface area contributed by atoms with Crippen molar-refractivity contribution < 1.29 is 9.53 Å². The summed E-state index contributed by atoms with van der Waals surface area (Å²) in [7, 11) is 0. The van der Waals surface area contributed by atoms with Gasteiger partial charge in [0.2, 0.25) is 5.91 Å². The van der Waals surface area contributed by atoms with E-state index in [9.17, 15) is 4.79 Å². The van der Waals surface area contributed by atoms with Gasteiger partial charge in [-0.2, -0.15) is 0 Å². The number of hydrogen-bond donors (Lipinski definition) is 2. The van der Waals surface area contributed by atoms with Gasteiger partial charge in [-0.05, 0) is 46.1 Å². The Hall–Kier alpha value is -0.610. The van der Waals surface area contributed by atoms with Crippen LogP contribution in [0.25, 0.3) is 0 Å². The Morgan fingerprint density at radius 2 is 2.18 bits per heavy atom. The molecule has 0 spiro atoms. The van der Waals surface area contributed by atoms with Gasteiger partial charge in [0, 0.05) is 18.7 Å². The van der Waals surface area contributed by atoms with E-state index in [0.717, 1.165) is 38.8 Å². The van der Waals surface area contributed by atoms with Crippen LogP contribution < -0.4 is 10.6 Å². The van der Waals surface area contributed by atoms with Crippen molar-refractivity contribution in [3.63, 3.8) is 0 Å². The van der Waals surface area contributed by atoms with Gasteiger partial charge in [0.15, 0.2) is 0 Å². The van der Waals surface area contributed by atoms with Gasteiger partial charge >= 0.3 is 0 Å². The molecule has 98 valence electrons. The van der Waals surface area contributed by atoms with Crippen LogP contribution >= 0.6 is 0 Å². The quantitative estimate of drug-likeness (QED) is 0.759. The molecule has 4 atom stereocenters. The molecule has 4 heteroatoms. The molecular formula is C13H24N2O2. The Morgan fingerprint density at radius 1 is 1.35 bits per heavy atom. The lowest BCUT2D eigenvalue weighted by molar-refractivity contribution is -0.128. The van der Waals surface area contributed by atoms with Gasteiger partial charge in [-0.15, -0.1) is 0 Å². The number of rotatable bonds is 2. The van der Waals surface area contributed by atoms with Gasteiger partial charge in [-0.3, -0.25) is 4.79 Å². The summed E-state index contributed by atoms with van der Waals surface area (Å²) in [5.74, 6) is 0.366. The zero-order valence-corrected chi connectivity index (χ0v) is 10.9. The Morgan fingerprint density at radius 3 is 2.88 bits per heavy atom. The summed E-state index contributed by atoms with van der Waals surface area (Å²) in [6.07, 6.45) is 4.28. The third-order valence-electron chi connectivity index (χ3n) is 3.93. The van der Waals surface area contributed by atoms with Crippen molar-refractivity contribution in [3.05, 3.63) is 0 Å². The minimum Gasteiger partial charge on any atom is -0.378 e. The first kappa shape index (κ1) is 12.8. The Balaban J connectivity index is 1.83. The topological polar surface area (TPSA) is 50.4 Å². The fraction of sp³-hybridized carbons (Fsp3) is 0.923. The molecule has 0 aromatic carbocycles.